The highest BCUT2D eigenvalue weighted by molar-refractivity contribution is 5.92. The molecule has 1 N–H and O–H groups in total. The largest absolute Gasteiger partial charge is 0.493 e. The molecule has 0 bridgehead atoms. The fraction of sp³-hybridized carbons (Fsp3) is 0.364. The van der Waals surface area contributed by atoms with Crippen LogP contribution in [0.25, 0.3) is 0 Å². The summed E-state index contributed by atoms with van der Waals surface area (Å²) in [6.07, 6.45) is 0.0823. The molecular weight excluding hydrogens is 356 g/mol. The van der Waals surface area contributed by atoms with Gasteiger partial charge in [-0.15, -0.1) is 0 Å². The average molecular weight is 384 g/mol. The number of nitrogens with zero attached hydrogens (tertiary/aromatic N) is 1. The summed E-state index contributed by atoms with van der Waals surface area (Å²) in [5, 5.41) is 2.73. The second-order valence-electron chi connectivity index (χ2n) is 6.55. The van der Waals surface area contributed by atoms with Gasteiger partial charge in [0.1, 0.15) is 5.75 Å². The second kappa shape index (κ2) is 11.0. The summed E-state index contributed by atoms with van der Waals surface area (Å²) in [6.45, 7) is 7.17. The third kappa shape index (κ3) is 6.95. The third-order valence-electron chi connectivity index (χ3n) is 4.13. The maximum Gasteiger partial charge on any atom is 0.309 e. The smallest absolute Gasteiger partial charge is 0.309 e. The number of anilines is 2. The first-order valence-electron chi connectivity index (χ1n) is 9.49. The maximum atomic E-state index is 12.0. The number of amides is 1. The lowest BCUT2D eigenvalue weighted by Gasteiger charge is -2.27. The predicted octanol–water partition coefficient (Wildman–Crippen LogP) is 3.87. The Kier molecular flexibility index (Phi) is 8.34. The van der Waals surface area contributed by atoms with E-state index in [1.54, 1.807) is 0 Å². The highest BCUT2D eigenvalue weighted by Crippen LogP contribution is 2.19. The van der Waals surface area contributed by atoms with Crippen molar-refractivity contribution in [2.24, 2.45) is 0 Å². The molecule has 0 aliphatic heterocycles. The lowest BCUT2D eigenvalue weighted by Crippen LogP contribution is -2.30. The van der Waals surface area contributed by atoms with E-state index in [2.05, 4.69) is 31.0 Å². The van der Waals surface area contributed by atoms with Gasteiger partial charge in [-0.1, -0.05) is 18.2 Å². The molecule has 0 unspecified atom stereocenters. The van der Waals surface area contributed by atoms with Crippen molar-refractivity contribution >= 4 is 23.3 Å². The van der Waals surface area contributed by atoms with E-state index in [9.17, 15) is 9.59 Å². The number of ether oxygens (including phenoxy) is 2. The number of para-hydroxylation sites is 1. The van der Waals surface area contributed by atoms with Crippen molar-refractivity contribution < 1.29 is 19.1 Å². The van der Waals surface area contributed by atoms with Gasteiger partial charge in [0.05, 0.1) is 13.0 Å². The molecule has 0 aliphatic rings. The molecule has 0 spiro atoms. The molecule has 2 aromatic carbocycles. The fourth-order valence-electron chi connectivity index (χ4n) is 2.77. The topological polar surface area (TPSA) is 67.9 Å². The zero-order chi connectivity index (χ0) is 20.4. The van der Waals surface area contributed by atoms with Crippen molar-refractivity contribution in [1.82, 2.24) is 0 Å². The number of hydrogen-bond acceptors (Lipinski definition) is 5. The monoisotopic (exact) mass is 384 g/mol. The summed E-state index contributed by atoms with van der Waals surface area (Å²) >= 11 is 0. The lowest BCUT2D eigenvalue weighted by atomic mass is 10.2. The Morgan fingerprint density at radius 1 is 1.04 bits per heavy atom. The Morgan fingerprint density at radius 3 is 2.32 bits per heavy atom. The highest BCUT2D eigenvalue weighted by Gasteiger charge is 2.10. The van der Waals surface area contributed by atoms with Crippen LogP contribution in [0.2, 0.25) is 0 Å². The standard InChI is InChI=1S/C22H28N2O4/c1-4-24(17(2)3)19-12-10-18(11-13-19)23-21(25)16-28-22(26)14-15-27-20-8-6-5-7-9-20/h5-13,17H,4,14-16H2,1-3H3,(H,23,25). The van der Waals surface area contributed by atoms with E-state index in [1.807, 2.05) is 54.6 Å². The van der Waals surface area contributed by atoms with E-state index in [0.717, 1.165) is 12.2 Å². The molecule has 28 heavy (non-hydrogen) atoms. The molecule has 6 heteroatoms. The Bertz CT molecular complexity index is 745. The van der Waals surface area contributed by atoms with E-state index < -0.39 is 5.97 Å². The van der Waals surface area contributed by atoms with Gasteiger partial charge in [0.15, 0.2) is 6.61 Å². The number of nitrogens with one attached hydrogen (secondary N) is 1. The summed E-state index contributed by atoms with van der Waals surface area (Å²) in [5.41, 5.74) is 1.76. The molecule has 1 amide bonds. The summed E-state index contributed by atoms with van der Waals surface area (Å²) in [7, 11) is 0. The van der Waals surface area contributed by atoms with Crippen LogP contribution in [0.3, 0.4) is 0 Å². The molecule has 150 valence electrons. The molecular formula is C22H28N2O4. The van der Waals surface area contributed by atoms with Crippen LogP contribution in [0.4, 0.5) is 11.4 Å². The van der Waals surface area contributed by atoms with Crippen LogP contribution in [0.5, 0.6) is 5.75 Å². The second-order valence-corrected chi connectivity index (χ2v) is 6.55. The molecule has 2 rings (SSSR count). The van der Waals surface area contributed by atoms with Crippen molar-refractivity contribution in [3.05, 3.63) is 54.6 Å². The Morgan fingerprint density at radius 2 is 1.71 bits per heavy atom. The first kappa shape index (κ1) is 21.3. The quantitative estimate of drug-likeness (QED) is 0.630. The Balaban J connectivity index is 1.71. The number of rotatable bonds is 10. The zero-order valence-corrected chi connectivity index (χ0v) is 16.7. The van der Waals surface area contributed by atoms with Gasteiger partial charge in [0.25, 0.3) is 5.91 Å². The summed E-state index contributed by atoms with van der Waals surface area (Å²) < 4.78 is 10.4. The molecule has 0 fully saturated rings. The molecule has 0 saturated heterocycles. The molecule has 0 atom stereocenters. The van der Waals surface area contributed by atoms with Crippen LogP contribution in [0, 0.1) is 0 Å². The van der Waals surface area contributed by atoms with Gasteiger partial charge < -0.3 is 19.7 Å². The number of hydrogen-bond donors (Lipinski definition) is 1. The van der Waals surface area contributed by atoms with Gasteiger partial charge in [-0.2, -0.15) is 0 Å². The first-order valence-corrected chi connectivity index (χ1v) is 9.49. The zero-order valence-electron chi connectivity index (χ0n) is 16.7. The minimum Gasteiger partial charge on any atom is -0.493 e. The predicted molar refractivity (Wildman–Crippen MR) is 111 cm³/mol. The summed E-state index contributed by atoms with van der Waals surface area (Å²) in [6, 6.07) is 17.2. The molecule has 0 heterocycles. The molecule has 0 saturated carbocycles. The lowest BCUT2D eigenvalue weighted by molar-refractivity contribution is -0.147. The molecule has 2 aromatic rings. The highest BCUT2D eigenvalue weighted by atomic mass is 16.5. The van der Waals surface area contributed by atoms with Crippen molar-refractivity contribution in [1.29, 1.82) is 0 Å². The SMILES string of the molecule is CCN(c1ccc(NC(=O)COC(=O)CCOc2ccccc2)cc1)C(C)C. The molecule has 6 nitrogen and oxygen atoms in total. The molecule has 0 aromatic heterocycles. The molecule has 0 aliphatic carbocycles. The minimum absolute atomic E-state index is 0.0823. The number of benzene rings is 2. The Hall–Kier alpha value is -3.02. The fourth-order valence-corrected chi connectivity index (χ4v) is 2.77. The van der Waals surface area contributed by atoms with E-state index >= 15 is 0 Å². The maximum absolute atomic E-state index is 12.0. The van der Waals surface area contributed by atoms with Crippen LogP contribution in [-0.4, -0.2) is 37.7 Å². The average Bonchev–Trinajstić information content (AvgIpc) is 2.69. The van der Waals surface area contributed by atoms with E-state index in [0.29, 0.717) is 17.5 Å². The van der Waals surface area contributed by atoms with Gasteiger partial charge >= 0.3 is 5.97 Å². The van der Waals surface area contributed by atoms with Crippen molar-refractivity contribution in [3.8, 4) is 5.75 Å². The van der Waals surface area contributed by atoms with Crippen molar-refractivity contribution in [3.63, 3.8) is 0 Å². The summed E-state index contributed by atoms with van der Waals surface area (Å²) in [4.78, 5) is 25.9. The van der Waals surface area contributed by atoms with Crippen LogP contribution in [0.1, 0.15) is 27.2 Å². The summed E-state index contributed by atoms with van der Waals surface area (Å²) in [5.74, 6) is -0.158. The molecule has 0 radical (unpaired) electrons. The normalized spacial score (nSPS) is 10.4. The van der Waals surface area contributed by atoms with Gasteiger partial charge in [-0.3, -0.25) is 9.59 Å². The van der Waals surface area contributed by atoms with Crippen LogP contribution in [0.15, 0.2) is 54.6 Å². The first-order chi connectivity index (χ1) is 13.5. The van der Waals surface area contributed by atoms with E-state index in [1.165, 1.54) is 0 Å². The van der Waals surface area contributed by atoms with Crippen LogP contribution in [-0.2, 0) is 14.3 Å². The number of carbonyl (C=O) groups is 2. The number of esters is 1. The van der Waals surface area contributed by atoms with Crippen LogP contribution >= 0.6 is 0 Å². The van der Waals surface area contributed by atoms with Crippen LogP contribution < -0.4 is 15.0 Å². The van der Waals surface area contributed by atoms with Gasteiger partial charge in [0, 0.05) is 24.0 Å². The van der Waals surface area contributed by atoms with Gasteiger partial charge in [-0.25, -0.2) is 0 Å². The Labute approximate surface area is 166 Å². The van der Waals surface area contributed by atoms with E-state index in [4.69, 9.17) is 9.47 Å². The minimum atomic E-state index is -0.475. The third-order valence-corrected chi connectivity index (χ3v) is 4.13. The van der Waals surface area contributed by atoms with E-state index in [-0.39, 0.29) is 25.5 Å². The van der Waals surface area contributed by atoms with Gasteiger partial charge in [-0.05, 0) is 57.2 Å². The number of carbonyl (C=O) groups excluding carboxylic acids is 2. The van der Waals surface area contributed by atoms with Crippen molar-refractivity contribution in [2.75, 3.05) is 30.0 Å². The van der Waals surface area contributed by atoms with Crippen molar-refractivity contribution in [2.45, 2.75) is 33.2 Å². The van der Waals surface area contributed by atoms with Gasteiger partial charge in [0.2, 0.25) is 0 Å².